The van der Waals surface area contributed by atoms with E-state index in [0.29, 0.717) is 0 Å². The minimum atomic E-state index is -6.47. The van der Waals surface area contributed by atoms with Gasteiger partial charge in [0.15, 0.2) is 0 Å². The van der Waals surface area contributed by atoms with Crippen LogP contribution >= 0.6 is 0 Å². The van der Waals surface area contributed by atoms with Crippen molar-refractivity contribution in [2.24, 2.45) is 0 Å². The van der Waals surface area contributed by atoms with Crippen LogP contribution in [-0.2, 0) is 64.0 Å². The zero-order valence-corrected chi connectivity index (χ0v) is 15.5. The molecule has 0 N–H and O–H groups in total. The van der Waals surface area contributed by atoms with Gasteiger partial charge in [0.2, 0.25) is 0 Å². The van der Waals surface area contributed by atoms with Crippen LogP contribution in [0.1, 0.15) is 25.7 Å². The van der Waals surface area contributed by atoms with Crippen LogP contribution in [0.5, 0.6) is 0 Å². The first-order chi connectivity index (χ1) is 8.71. The number of ether oxygens (including phenoxy) is 2. The van der Waals surface area contributed by atoms with Crippen molar-refractivity contribution in [2.45, 2.75) is 25.7 Å². The van der Waals surface area contributed by atoms with E-state index < -0.39 is 31.6 Å². The van der Waals surface area contributed by atoms with Crippen molar-refractivity contribution < 1.29 is 64.0 Å². The first kappa shape index (κ1) is 19.0. The molecule has 9 nitrogen and oxygen atoms in total. The summed E-state index contributed by atoms with van der Waals surface area (Å²) in [5.41, 5.74) is 0. The molecule has 0 aromatic carbocycles. The van der Waals surface area contributed by atoms with E-state index in [0.717, 1.165) is 26.4 Å². The van der Waals surface area contributed by atoms with Crippen molar-refractivity contribution in [3.05, 3.63) is 0 Å². The Hall–Kier alpha value is 0.00468. The van der Waals surface area contributed by atoms with Crippen molar-refractivity contribution in [1.82, 2.24) is 0 Å². The van der Waals surface area contributed by atoms with Crippen molar-refractivity contribution in [1.29, 1.82) is 0 Å². The van der Waals surface area contributed by atoms with Crippen molar-refractivity contribution in [3.63, 3.8) is 0 Å². The Kier molecular flexibility index (Phi) is 9.84. The predicted octanol–water partition coefficient (Wildman–Crippen LogP) is 0.807. The zero-order valence-electron chi connectivity index (χ0n) is 10.1. The van der Waals surface area contributed by atoms with Gasteiger partial charge in [0.1, 0.15) is 0 Å². The van der Waals surface area contributed by atoms with Gasteiger partial charge in [-0.05, 0) is 25.7 Å². The summed E-state index contributed by atoms with van der Waals surface area (Å²) in [7, 11) is 0. The van der Waals surface area contributed by atoms with Crippen LogP contribution in [0.3, 0.4) is 0 Å². The number of rotatable bonds is 2. The van der Waals surface area contributed by atoms with E-state index in [-0.39, 0.29) is 0 Å². The summed E-state index contributed by atoms with van der Waals surface area (Å²) in [4.78, 5) is 0. The van der Waals surface area contributed by atoms with Crippen LogP contribution < -0.4 is 0 Å². The minimum absolute atomic E-state index is 1.00. The first-order valence-corrected chi connectivity index (χ1v) is 14.3. The van der Waals surface area contributed by atoms with Crippen LogP contribution in [0.2, 0.25) is 0 Å². The van der Waals surface area contributed by atoms with Crippen molar-refractivity contribution in [3.8, 4) is 0 Å². The molecule has 116 valence electrons. The van der Waals surface area contributed by atoms with Crippen LogP contribution in [-0.4, -0.2) is 26.4 Å². The van der Waals surface area contributed by atoms with Gasteiger partial charge in [-0.1, -0.05) is 0 Å². The SMILES string of the molecule is C1CCOC1.C1CCOC1.[O]=[Re](=[O])(=[O])[O][Re](=[O])(=[O])=[O]. The van der Waals surface area contributed by atoms with Crippen molar-refractivity contribution >= 4 is 0 Å². The zero-order chi connectivity index (χ0) is 14.8. The standard InChI is InChI=1S/2C4H8O.7O.2Re/c2*1-2-4-5-3-1;;;;;;;;;/h2*1-4H2;;;;;;;;;. The van der Waals surface area contributed by atoms with Gasteiger partial charge in [-0.3, -0.25) is 0 Å². The van der Waals surface area contributed by atoms with Gasteiger partial charge in [0, 0.05) is 26.4 Å². The summed E-state index contributed by atoms with van der Waals surface area (Å²) in [5, 5.41) is 0. The van der Waals surface area contributed by atoms with Crippen LogP contribution in [0.25, 0.3) is 0 Å². The molecular weight excluding hydrogens is 612 g/mol. The van der Waals surface area contributed by atoms with Gasteiger partial charge in [-0.2, -0.15) is 0 Å². The van der Waals surface area contributed by atoms with Crippen LogP contribution in [0, 0.1) is 0 Å². The fraction of sp³-hybridized carbons (Fsp3) is 1.00. The van der Waals surface area contributed by atoms with Gasteiger partial charge >= 0.3 is 54.6 Å². The van der Waals surface area contributed by atoms with Crippen LogP contribution in [0.4, 0.5) is 0 Å². The second kappa shape index (κ2) is 9.84. The third-order valence-electron chi connectivity index (χ3n) is 1.80. The molecule has 2 fully saturated rings. The fourth-order valence-corrected chi connectivity index (χ4v) is 6.88. The molecule has 19 heavy (non-hydrogen) atoms. The molecule has 0 aliphatic carbocycles. The average molecular weight is 629 g/mol. The molecule has 2 rings (SSSR count). The molecule has 11 heteroatoms. The van der Waals surface area contributed by atoms with E-state index in [4.69, 9.17) is 9.47 Å². The van der Waals surface area contributed by atoms with E-state index >= 15 is 0 Å². The normalized spacial score (nSPS) is 18.9. The summed E-state index contributed by atoms with van der Waals surface area (Å²) in [5.74, 6) is 0. The molecule has 0 bridgehead atoms. The predicted molar refractivity (Wildman–Crippen MR) is 45.3 cm³/mol. The third kappa shape index (κ3) is 18.0. The Bertz CT molecular complexity index is 432. The fourth-order valence-electron chi connectivity index (χ4n) is 1.11. The molecule has 0 saturated carbocycles. The topological polar surface area (TPSA) is 130 Å². The molecular formula is C8H16O9Re2. The summed E-state index contributed by atoms with van der Waals surface area (Å²) in [6.07, 6.45) is 5.11. The Balaban J connectivity index is 0.000000273. The second-order valence-corrected chi connectivity index (χ2v) is 12.7. The summed E-state index contributed by atoms with van der Waals surface area (Å²) in [6, 6.07) is 0. The van der Waals surface area contributed by atoms with E-state index in [2.05, 4.69) is 2.18 Å². The molecule has 0 aromatic rings. The first-order valence-electron chi connectivity index (χ1n) is 5.39. The number of hydrogen-bond donors (Lipinski definition) is 0. The second-order valence-electron chi connectivity index (χ2n) is 3.45. The van der Waals surface area contributed by atoms with E-state index in [1.54, 1.807) is 0 Å². The van der Waals surface area contributed by atoms with Gasteiger partial charge in [-0.15, -0.1) is 0 Å². The molecule has 0 atom stereocenters. The maximum absolute atomic E-state index is 9.44. The summed E-state index contributed by atoms with van der Waals surface area (Å²) >= 11 is -12.9. The molecule has 0 amide bonds. The summed E-state index contributed by atoms with van der Waals surface area (Å²) in [6.45, 7) is 4.00. The van der Waals surface area contributed by atoms with Gasteiger partial charge < -0.3 is 9.47 Å². The number of hydrogen-bond acceptors (Lipinski definition) is 9. The van der Waals surface area contributed by atoms with E-state index in [9.17, 15) is 20.8 Å². The quantitative estimate of drug-likeness (QED) is 0.436. The summed E-state index contributed by atoms with van der Waals surface area (Å²) < 4.78 is 69.2. The molecule has 0 radical (unpaired) electrons. The Morgan fingerprint density at radius 3 is 0.895 bits per heavy atom. The molecule has 0 spiro atoms. The Morgan fingerprint density at radius 2 is 0.842 bits per heavy atom. The molecule has 2 saturated heterocycles. The molecule has 0 aromatic heterocycles. The van der Waals surface area contributed by atoms with Crippen LogP contribution in [0.15, 0.2) is 0 Å². The monoisotopic (exact) mass is 630 g/mol. The molecule has 2 aliphatic heterocycles. The Morgan fingerprint density at radius 1 is 0.579 bits per heavy atom. The maximum atomic E-state index is 9.44. The van der Waals surface area contributed by atoms with Gasteiger partial charge in [0.05, 0.1) is 0 Å². The van der Waals surface area contributed by atoms with E-state index in [1.807, 2.05) is 0 Å². The van der Waals surface area contributed by atoms with Gasteiger partial charge in [-0.25, -0.2) is 0 Å². The van der Waals surface area contributed by atoms with Gasteiger partial charge in [0.25, 0.3) is 0 Å². The molecule has 2 heterocycles. The third-order valence-corrected chi connectivity index (χ3v) is 11.2. The molecule has 0 unspecified atom stereocenters. The average Bonchev–Trinajstić information content (AvgIpc) is 2.93. The molecule has 2 aliphatic rings. The van der Waals surface area contributed by atoms with E-state index in [1.165, 1.54) is 25.7 Å². The van der Waals surface area contributed by atoms with Crippen molar-refractivity contribution in [2.75, 3.05) is 26.4 Å². The Labute approximate surface area is 116 Å².